The van der Waals surface area contributed by atoms with Crippen molar-refractivity contribution < 1.29 is 0 Å². The van der Waals surface area contributed by atoms with Gasteiger partial charge in [-0.1, -0.05) is 0 Å². The van der Waals surface area contributed by atoms with Gasteiger partial charge in [-0.05, 0) is 6.92 Å². The highest BCUT2D eigenvalue weighted by atomic mass is 32.1. The van der Waals surface area contributed by atoms with Crippen molar-refractivity contribution in [2.45, 2.75) is 6.92 Å². The Hall–Kier alpha value is -0.310. The normalized spacial score (nSPS) is 12.5. The molecule has 48 valence electrons. The maximum atomic E-state index is 4.11. The Labute approximate surface area is 55.8 Å². The second-order valence-electron chi connectivity index (χ2n) is 1.47. The Morgan fingerprint density at radius 2 is 1.75 bits per heavy atom. The molecule has 2 nitrogen and oxygen atoms in total. The zero-order valence-electron chi connectivity index (χ0n) is 5.45. The fourth-order valence-corrected chi connectivity index (χ4v) is 0.418. The molecule has 0 saturated heterocycles. The second kappa shape index (κ2) is 3.66. The lowest BCUT2D eigenvalue weighted by atomic mass is 10.5. The molecule has 0 aromatic carbocycles. The summed E-state index contributed by atoms with van der Waals surface area (Å²) in [5, 5.41) is 6.74. The summed E-state index contributed by atoms with van der Waals surface area (Å²) in [4.78, 5) is 0. The van der Waals surface area contributed by atoms with Crippen LogP contribution in [0.2, 0.25) is 0 Å². The fourth-order valence-electron chi connectivity index (χ4n) is 0.306. The SMILES string of the molecule is CN/C(C)=C(\S)NC. The van der Waals surface area contributed by atoms with Gasteiger partial charge in [0, 0.05) is 19.8 Å². The molecular weight excluding hydrogens is 120 g/mol. The van der Waals surface area contributed by atoms with Crippen LogP contribution in [0.4, 0.5) is 0 Å². The maximum Gasteiger partial charge on any atom is 0.0838 e. The molecule has 8 heavy (non-hydrogen) atoms. The Morgan fingerprint density at radius 1 is 1.25 bits per heavy atom. The summed E-state index contributed by atoms with van der Waals surface area (Å²) < 4.78 is 0. The molecule has 0 aliphatic rings. The van der Waals surface area contributed by atoms with Crippen LogP contribution in [0.25, 0.3) is 0 Å². The third-order valence-electron chi connectivity index (χ3n) is 0.967. The van der Waals surface area contributed by atoms with E-state index in [1.807, 2.05) is 21.0 Å². The van der Waals surface area contributed by atoms with Gasteiger partial charge in [0.15, 0.2) is 0 Å². The van der Waals surface area contributed by atoms with Crippen molar-refractivity contribution in [3.8, 4) is 0 Å². The van der Waals surface area contributed by atoms with Crippen LogP contribution in [0, 0.1) is 0 Å². The molecule has 0 aliphatic heterocycles. The molecule has 0 heterocycles. The molecule has 2 N–H and O–H groups in total. The Kier molecular flexibility index (Phi) is 3.52. The van der Waals surface area contributed by atoms with E-state index in [-0.39, 0.29) is 0 Å². The van der Waals surface area contributed by atoms with Crippen molar-refractivity contribution in [3.63, 3.8) is 0 Å². The van der Waals surface area contributed by atoms with E-state index in [1.165, 1.54) is 0 Å². The molecule has 0 saturated carbocycles. The topological polar surface area (TPSA) is 24.1 Å². The molecule has 0 spiro atoms. The van der Waals surface area contributed by atoms with E-state index in [2.05, 4.69) is 23.3 Å². The molecule has 3 heteroatoms. The maximum absolute atomic E-state index is 4.11. The Balaban J connectivity index is 3.83. The first kappa shape index (κ1) is 7.69. The Morgan fingerprint density at radius 3 is 1.88 bits per heavy atom. The number of rotatable bonds is 2. The van der Waals surface area contributed by atoms with E-state index in [9.17, 15) is 0 Å². The van der Waals surface area contributed by atoms with Crippen LogP contribution in [0.3, 0.4) is 0 Å². The molecule has 0 fully saturated rings. The molecule has 0 bridgehead atoms. The Bertz CT molecular complexity index is 86.6. The molecule has 0 radical (unpaired) electrons. The lowest BCUT2D eigenvalue weighted by Crippen LogP contribution is -2.10. The predicted molar refractivity (Wildman–Crippen MR) is 39.8 cm³/mol. The van der Waals surface area contributed by atoms with Gasteiger partial charge in [0.1, 0.15) is 0 Å². The average molecular weight is 132 g/mol. The van der Waals surface area contributed by atoms with E-state index in [1.54, 1.807) is 0 Å². The molecule has 0 amide bonds. The van der Waals surface area contributed by atoms with Gasteiger partial charge in [-0.3, -0.25) is 0 Å². The molecule has 0 unspecified atom stereocenters. The van der Waals surface area contributed by atoms with Gasteiger partial charge in [0.05, 0.1) is 5.03 Å². The number of hydrogen-bond acceptors (Lipinski definition) is 3. The summed E-state index contributed by atoms with van der Waals surface area (Å²) in [5.41, 5.74) is 1.05. The first-order chi connectivity index (χ1) is 3.72. The standard InChI is InChI=1S/C5H12N2S/c1-4(6-2)5(8)7-3/h6-8H,1-3H3/b5-4-. The minimum absolute atomic E-state index is 0.882. The highest BCUT2D eigenvalue weighted by molar-refractivity contribution is 7.84. The number of nitrogens with one attached hydrogen (secondary N) is 2. The van der Waals surface area contributed by atoms with Crippen molar-refractivity contribution in [2.24, 2.45) is 0 Å². The first-order valence-electron chi connectivity index (χ1n) is 2.47. The lowest BCUT2D eigenvalue weighted by molar-refractivity contribution is 0.931. The summed E-state index contributed by atoms with van der Waals surface area (Å²) in [5.74, 6) is 0. The smallest absolute Gasteiger partial charge is 0.0838 e. The van der Waals surface area contributed by atoms with E-state index in [0.717, 1.165) is 10.7 Å². The van der Waals surface area contributed by atoms with Crippen molar-refractivity contribution in [2.75, 3.05) is 14.1 Å². The minimum Gasteiger partial charge on any atom is -0.390 e. The fraction of sp³-hybridized carbons (Fsp3) is 0.600. The third-order valence-corrected chi connectivity index (χ3v) is 1.53. The van der Waals surface area contributed by atoms with Gasteiger partial charge in [0.25, 0.3) is 0 Å². The van der Waals surface area contributed by atoms with Crippen LogP contribution in [0.5, 0.6) is 0 Å². The number of thiol groups is 1. The van der Waals surface area contributed by atoms with Crippen molar-refractivity contribution >= 4 is 12.6 Å². The van der Waals surface area contributed by atoms with E-state index in [0.29, 0.717) is 0 Å². The third kappa shape index (κ3) is 2.12. The first-order valence-corrected chi connectivity index (χ1v) is 2.92. The van der Waals surface area contributed by atoms with E-state index in [4.69, 9.17) is 0 Å². The average Bonchev–Trinajstić information content (AvgIpc) is 1.84. The summed E-state index contributed by atoms with van der Waals surface area (Å²) in [6, 6.07) is 0. The van der Waals surface area contributed by atoms with Gasteiger partial charge in [-0.25, -0.2) is 0 Å². The quantitative estimate of drug-likeness (QED) is 0.478. The summed E-state index contributed by atoms with van der Waals surface area (Å²) in [6.45, 7) is 1.96. The molecule has 0 aromatic rings. The van der Waals surface area contributed by atoms with Gasteiger partial charge >= 0.3 is 0 Å². The lowest BCUT2D eigenvalue weighted by Gasteiger charge is -2.03. The van der Waals surface area contributed by atoms with Crippen molar-refractivity contribution in [3.05, 3.63) is 10.7 Å². The zero-order chi connectivity index (χ0) is 6.57. The summed E-state index contributed by atoms with van der Waals surface area (Å²) in [6.07, 6.45) is 0. The predicted octanol–water partition coefficient (Wildman–Crippen LogP) is 0.544. The van der Waals surface area contributed by atoms with Crippen molar-refractivity contribution in [1.82, 2.24) is 10.6 Å². The molecule has 0 aromatic heterocycles. The molecule has 0 rings (SSSR count). The minimum atomic E-state index is 0.882. The van der Waals surface area contributed by atoms with Crippen molar-refractivity contribution in [1.29, 1.82) is 0 Å². The second-order valence-corrected chi connectivity index (χ2v) is 1.92. The van der Waals surface area contributed by atoms with Crippen LogP contribution in [-0.2, 0) is 0 Å². The zero-order valence-corrected chi connectivity index (χ0v) is 6.34. The van der Waals surface area contributed by atoms with E-state index < -0.39 is 0 Å². The van der Waals surface area contributed by atoms with Crippen LogP contribution >= 0.6 is 12.6 Å². The highest BCUT2D eigenvalue weighted by Gasteiger charge is 1.87. The molecule has 0 atom stereocenters. The largest absolute Gasteiger partial charge is 0.390 e. The van der Waals surface area contributed by atoms with Gasteiger partial charge < -0.3 is 10.6 Å². The van der Waals surface area contributed by atoms with Crippen LogP contribution in [0.1, 0.15) is 6.92 Å². The number of hydrogen-bond donors (Lipinski definition) is 3. The monoisotopic (exact) mass is 132 g/mol. The van der Waals surface area contributed by atoms with Gasteiger partial charge in [-0.2, -0.15) is 0 Å². The van der Waals surface area contributed by atoms with Crippen LogP contribution in [0.15, 0.2) is 10.7 Å². The van der Waals surface area contributed by atoms with E-state index >= 15 is 0 Å². The van der Waals surface area contributed by atoms with Gasteiger partial charge in [-0.15, -0.1) is 12.6 Å². The summed E-state index contributed by atoms with van der Waals surface area (Å²) >= 11 is 4.11. The highest BCUT2D eigenvalue weighted by Crippen LogP contribution is 1.97. The molecule has 0 aliphatic carbocycles. The summed E-state index contributed by atoms with van der Waals surface area (Å²) in [7, 11) is 3.70. The van der Waals surface area contributed by atoms with Gasteiger partial charge in [0.2, 0.25) is 0 Å². The molecular formula is C5H12N2S. The number of allylic oxidation sites excluding steroid dienone is 1. The van der Waals surface area contributed by atoms with Crippen LogP contribution < -0.4 is 10.6 Å². The van der Waals surface area contributed by atoms with Crippen LogP contribution in [-0.4, -0.2) is 14.1 Å².